The number of guanidine groups is 1. The fourth-order valence-corrected chi connectivity index (χ4v) is 3.89. The number of rotatable bonds is 5. The SMILES string of the molecule is CCNC(=NCC(C)N1CCOCC1)N1CCN(C(=O)C2CCCO2)CC1.I. The van der Waals surface area contributed by atoms with E-state index in [4.69, 9.17) is 14.5 Å². The zero-order valence-electron chi connectivity index (χ0n) is 17.3. The van der Waals surface area contributed by atoms with Gasteiger partial charge in [-0.15, -0.1) is 24.0 Å². The van der Waals surface area contributed by atoms with Gasteiger partial charge in [0.25, 0.3) is 5.91 Å². The van der Waals surface area contributed by atoms with Gasteiger partial charge in [0.05, 0.1) is 19.8 Å². The van der Waals surface area contributed by atoms with Gasteiger partial charge >= 0.3 is 0 Å². The Morgan fingerprint density at radius 1 is 1.11 bits per heavy atom. The van der Waals surface area contributed by atoms with Crippen molar-refractivity contribution in [1.29, 1.82) is 0 Å². The highest BCUT2D eigenvalue weighted by Gasteiger charge is 2.31. The fraction of sp³-hybridized carbons (Fsp3) is 0.895. The summed E-state index contributed by atoms with van der Waals surface area (Å²) in [6, 6.07) is 0.407. The molecule has 3 saturated heterocycles. The predicted molar refractivity (Wildman–Crippen MR) is 120 cm³/mol. The van der Waals surface area contributed by atoms with Gasteiger partial charge in [0.2, 0.25) is 0 Å². The number of carbonyl (C=O) groups excluding carboxylic acids is 1. The van der Waals surface area contributed by atoms with Crippen LogP contribution in [0.4, 0.5) is 0 Å². The number of morpholine rings is 1. The molecule has 9 heteroatoms. The van der Waals surface area contributed by atoms with E-state index < -0.39 is 0 Å². The maximum absolute atomic E-state index is 12.5. The van der Waals surface area contributed by atoms with Crippen molar-refractivity contribution in [3.05, 3.63) is 0 Å². The highest BCUT2D eigenvalue weighted by Crippen LogP contribution is 2.16. The Balaban J connectivity index is 0.00000280. The van der Waals surface area contributed by atoms with E-state index in [0.29, 0.717) is 6.04 Å². The van der Waals surface area contributed by atoms with Gasteiger partial charge in [0.15, 0.2) is 5.96 Å². The molecule has 3 fully saturated rings. The van der Waals surface area contributed by atoms with Gasteiger partial charge in [-0.25, -0.2) is 0 Å². The first-order valence-electron chi connectivity index (χ1n) is 10.4. The molecule has 2 atom stereocenters. The first-order valence-corrected chi connectivity index (χ1v) is 10.4. The van der Waals surface area contributed by atoms with Crippen LogP contribution in [-0.4, -0.2) is 111 Å². The number of hydrogen-bond acceptors (Lipinski definition) is 5. The summed E-state index contributed by atoms with van der Waals surface area (Å²) in [6.45, 7) is 13.4. The van der Waals surface area contributed by atoms with Gasteiger partial charge in [0, 0.05) is 58.5 Å². The van der Waals surface area contributed by atoms with Crippen molar-refractivity contribution in [3.8, 4) is 0 Å². The van der Waals surface area contributed by atoms with Crippen molar-refractivity contribution in [2.24, 2.45) is 4.99 Å². The Bertz CT molecular complexity index is 502. The Labute approximate surface area is 186 Å². The normalized spacial score (nSPS) is 25.4. The number of nitrogens with zero attached hydrogens (tertiary/aromatic N) is 4. The van der Waals surface area contributed by atoms with E-state index in [2.05, 4.69) is 29.0 Å². The average molecular weight is 509 g/mol. The Morgan fingerprint density at radius 3 is 2.39 bits per heavy atom. The monoisotopic (exact) mass is 509 g/mol. The molecular weight excluding hydrogens is 473 g/mol. The van der Waals surface area contributed by atoms with Gasteiger partial charge in [0.1, 0.15) is 6.10 Å². The molecule has 3 aliphatic rings. The van der Waals surface area contributed by atoms with E-state index in [0.717, 1.165) is 91.0 Å². The van der Waals surface area contributed by atoms with Crippen LogP contribution >= 0.6 is 24.0 Å². The molecule has 2 unspecified atom stereocenters. The third kappa shape index (κ3) is 6.43. The number of nitrogens with one attached hydrogen (secondary N) is 1. The summed E-state index contributed by atoms with van der Waals surface area (Å²) >= 11 is 0. The quantitative estimate of drug-likeness (QED) is 0.333. The maximum Gasteiger partial charge on any atom is 0.251 e. The predicted octanol–water partition coefficient (Wildman–Crippen LogP) is 0.614. The van der Waals surface area contributed by atoms with E-state index in [-0.39, 0.29) is 36.0 Å². The van der Waals surface area contributed by atoms with Gasteiger partial charge in [-0.1, -0.05) is 0 Å². The van der Waals surface area contributed by atoms with E-state index in [1.807, 2.05) is 4.90 Å². The van der Waals surface area contributed by atoms with Crippen molar-refractivity contribution in [2.75, 3.05) is 72.2 Å². The number of carbonyl (C=O) groups is 1. The average Bonchev–Trinajstić information content (AvgIpc) is 3.26. The number of hydrogen-bond donors (Lipinski definition) is 1. The van der Waals surface area contributed by atoms with Crippen molar-refractivity contribution in [1.82, 2.24) is 20.0 Å². The number of aliphatic imine (C=N–C) groups is 1. The summed E-state index contributed by atoms with van der Waals surface area (Å²) in [5.74, 6) is 1.12. The highest BCUT2D eigenvalue weighted by atomic mass is 127. The summed E-state index contributed by atoms with van der Waals surface area (Å²) in [4.78, 5) is 24.1. The molecule has 28 heavy (non-hydrogen) atoms. The van der Waals surface area contributed by atoms with Crippen LogP contribution in [0.25, 0.3) is 0 Å². The molecule has 8 nitrogen and oxygen atoms in total. The van der Waals surface area contributed by atoms with Crippen LogP contribution in [-0.2, 0) is 14.3 Å². The molecule has 3 aliphatic heterocycles. The molecule has 0 radical (unpaired) electrons. The Hall–Kier alpha value is -0.650. The molecule has 0 aromatic carbocycles. The summed E-state index contributed by atoms with van der Waals surface area (Å²) < 4.78 is 11.0. The zero-order chi connectivity index (χ0) is 19.1. The molecule has 0 aromatic rings. The molecule has 162 valence electrons. The van der Waals surface area contributed by atoms with Crippen molar-refractivity contribution in [3.63, 3.8) is 0 Å². The van der Waals surface area contributed by atoms with E-state index >= 15 is 0 Å². The van der Waals surface area contributed by atoms with Crippen molar-refractivity contribution in [2.45, 2.75) is 38.8 Å². The lowest BCUT2D eigenvalue weighted by molar-refractivity contribution is -0.142. The molecule has 3 rings (SSSR count). The summed E-state index contributed by atoms with van der Waals surface area (Å²) in [7, 11) is 0. The van der Waals surface area contributed by atoms with Crippen molar-refractivity contribution < 1.29 is 14.3 Å². The topological polar surface area (TPSA) is 69.6 Å². The minimum atomic E-state index is -0.215. The zero-order valence-corrected chi connectivity index (χ0v) is 19.6. The Morgan fingerprint density at radius 2 is 1.79 bits per heavy atom. The lowest BCUT2D eigenvalue weighted by atomic mass is 10.2. The van der Waals surface area contributed by atoms with E-state index in [1.165, 1.54) is 0 Å². The molecule has 0 saturated carbocycles. The molecule has 0 aliphatic carbocycles. The first-order chi connectivity index (χ1) is 13.2. The highest BCUT2D eigenvalue weighted by molar-refractivity contribution is 14.0. The van der Waals surface area contributed by atoms with Gasteiger partial charge in [-0.05, 0) is 26.7 Å². The summed E-state index contributed by atoms with van der Waals surface area (Å²) in [5.41, 5.74) is 0. The second-order valence-corrected chi connectivity index (χ2v) is 7.51. The minimum Gasteiger partial charge on any atom is -0.379 e. The van der Waals surface area contributed by atoms with Crippen LogP contribution in [0.3, 0.4) is 0 Å². The van der Waals surface area contributed by atoms with Crippen LogP contribution in [0, 0.1) is 0 Å². The standard InChI is InChI=1S/C19H35N5O3.HI/c1-3-20-19(21-15-16(2)22-10-13-26-14-11-22)24-8-6-23(7-9-24)18(25)17-5-4-12-27-17;/h16-17H,3-15H2,1-2H3,(H,20,21);1H. The number of ether oxygens (including phenoxy) is 2. The van der Waals surface area contributed by atoms with Gasteiger partial charge < -0.3 is 24.6 Å². The number of halogens is 1. The summed E-state index contributed by atoms with van der Waals surface area (Å²) in [6.07, 6.45) is 1.64. The third-order valence-electron chi connectivity index (χ3n) is 5.61. The van der Waals surface area contributed by atoms with Crippen LogP contribution in [0.5, 0.6) is 0 Å². The van der Waals surface area contributed by atoms with Crippen LogP contribution < -0.4 is 5.32 Å². The van der Waals surface area contributed by atoms with Crippen LogP contribution in [0.1, 0.15) is 26.7 Å². The molecule has 0 aromatic heterocycles. The van der Waals surface area contributed by atoms with E-state index in [9.17, 15) is 4.79 Å². The van der Waals surface area contributed by atoms with Crippen molar-refractivity contribution >= 4 is 35.8 Å². The smallest absolute Gasteiger partial charge is 0.251 e. The largest absolute Gasteiger partial charge is 0.379 e. The maximum atomic E-state index is 12.5. The fourth-order valence-electron chi connectivity index (χ4n) is 3.89. The van der Waals surface area contributed by atoms with Gasteiger partial charge in [-0.2, -0.15) is 0 Å². The Kier molecular flexibility index (Phi) is 10.2. The third-order valence-corrected chi connectivity index (χ3v) is 5.61. The van der Waals surface area contributed by atoms with Crippen LogP contribution in [0.2, 0.25) is 0 Å². The molecule has 0 spiro atoms. The summed E-state index contributed by atoms with van der Waals surface area (Å²) in [5, 5.41) is 3.41. The lowest BCUT2D eigenvalue weighted by Gasteiger charge is -2.37. The van der Waals surface area contributed by atoms with E-state index in [1.54, 1.807) is 0 Å². The lowest BCUT2D eigenvalue weighted by Crippen LogP contribution is -2.55. The van der Waals surface area contributed by atoms with Gasteiger partial charge in [-0.3, -0.25) is 14.7 Å². The second-order valence-electron chi connectivity index (χ2n) is 7.51. The van der Waals surface area contributed by atoms with Crippen LogP contribution in [0.15, 0.2) is 4.99 Å². The first kappa shape index (κ1) is 23.6. The second kappa shape index (κ2) is 12.1. The minimum absolute atomic E-state index is 0. The molecule has 3 heterocycles. The number of amides is 1. The molecule has 1 N–H and O–H groups in total. The number of piperazine rings is 1. The molecule has 1 amide bonds. The molecular formula is C19H36IN5O3. The molecule has 0 bridgehead atoms.